The van der Waals surface area contributed by atoms with Crippen molar-refractivity contribution in [2.24, 2.45) is 0 Å². The standard InChI is InChI=1S/C20H23N5O/c1-2-15-9-3-4-12-25(15)19-17(21)20(24-13-23-19)26-16-10-5-7-14-8-6-11-22-18(14)16/h5-8,10-11,13,15H,2-4,9,12,21H2,1H3. The van der Waals surface area contributed by atoms with Gasteiger partial charge in [0.25, 0.3) is 0 Å². The summed E-state index contributed by atoms with van der Waals surface area (Å²) >= 11 is 0. The quantitative estimate of drug-likeness (QED) is 0.762. The van der Waals surface area contributed by atoms with Crippen LogP contribution in [0.1, 0.15) is 32.6 Å². The van der Waals surface area contributed by atoms with Crippen molar-refractivity contribution >= 4 is 22.4 Å². The van der Waals surface area contributed by atoms with Crippen molar-refractivity contribution in [2.75, 3.05) is 17.2 Å². The number of para-hydroxylation sites is 1. The number of rotatable bonds is 4. The summed E-state index contributed by atoms with van der Waals surface area (Å²) in [6, 6.07) is 10.2. The van der Waals surface area contributed by atoms with Gasteiger partial charge in [0, 0.05) is 24.2 Å². The summed E-state index contributed by atoms with van der Waals surface area (Å²) in [6.07, 6.45) is 7.94. The number of pyridine rings is 1. The van der Waals surface area contributed by atoms with E-state index in [-0.39, 0.29) is 0 Å². The molecule has 134 valence electrons. The van der Waals surface area contributed by atoms with E-state index in [0.717, 1.165) is 36.1 Å². The Morgan fingerprint density at radius 1 is 1.15 bits per heavy atom. The first-order valence-electron chi connectivity index (χ1n) is 9.16. The molecule has 1 fully saturated rings. The summed E-state index contributed by atoms with van der Waals surface area (Å²) in [7, 11) is 0. The number of nitrogens with zero attached hydrogens (tertiary/aromatic N) is 4. The summed E-state index contributed by atoms with van der Waals surface area (Å²) in [5, 5.41) is 1.01. The zero-order valence-corrected chi connectivity index (χ0v) is 14.9. The molecule has 2 N–H and O–H groups in total. The van der Waals surface area contributed by atoms with Crippen molar-refractivity contribution in [3.8, 4) is 11.6 Å². The third-order valence-electron chi connectivity index (χ3n) is 5.00. The second-order valence-corrected chi connectivity index (χ2v) is 6.60. The molecule has 2 aromatic heterocycles. The van der Waals surface area contributed by atoms with Gasteiger partial charge in [-0.3, -0.25) is 4.98 Å². The number of anilines is 2. The zero-order valence-electron chi connectivity index (χ0n) is 14.9. The van der Waals surface area contributed by atoms with E-state index in [2.05, 4.69) is 26.8 Å². The van der Waals surface area contributed by atoms with Gasteiger partial charge in [-0.15, -0.1) is 0 Å². The number of piperidine rings is 1. The summed E-state index contributed by atoms with van der Waals surface area (Å²) in [5.74, 6) is 1.80. The Labute approximate surface area is 153 Å². The molecule has 1 unspecified atom stereocenters. The van der Waals surface area contributed by atoms with Crippen molar-refractivity contribution < 1.29 is 4.74 Å². The maximum absolute atomic E-state index is 6.41. The van der Waals surface area contributed by atoms with Gasteiger partial charge < -0.3 is 15.4 Å². The molecule has 6 nitrogen and oxygen atoms in total. The maximum Gasteiger partial charge on any atom is 0.248 e. The predicted octanol–water partition coefficient (Wildman–Crippen LogP) is 4.17. The summed E-state index contributed by atoms with van der Waals surface area (Å²) < 4.78 is 6.06. The van der Waals surface area contributed by atoms with E-state index in [4.69, 9.17) is 10.5 Å². The fourth-order valence-corrected chi connectivity index (χ4v) is 3.65. The van der Waals surface area contributed by atoms with Gasteiger partial charge in [0.1, 0.15) is 17.5 Å². The second-order valence-electron chi connectivity index (χ2n) is 6.60. The minimum atomic E-state index is 0.383. The average Bonchev–Trinajstić information content (AvgIpc) is 2.70. The third-order valence-corrected chi connectivity index (χ3v) is 5.00. The summed E-state index contributed by atoms with van der Waals surface area (Å²) in [6.45, 7) is 3.18. The molecule has 3 heterocycles. The zero-order chi connectivity index (χ0) is 17.9. The molecular formula is C20H23N5O. The number of hydrogen-bond acceptors (Lipinski definition) is 6. The predicted molar refractivity (Wildman–Crippen MR) is 104 cm³/mol. The minimum Gasteiger partial charge on any atom is -0.435 e. The first-order valence-corrected chi connectivity index (χ1v) is 9.16. The van der Waals surface area contributed by atoms with Gasteiger partial charge in [-0.25, -0.2) is 4.98 Å². The van der Waals surface area contributed by atoms with Gasteiger partial charge in [0.15, 0.2) is 11.6 Å². The van der Waals surface area contributed by atoms with Crippen LogP contribution in [0, 0.1) is 0 Å². The third kappa shape index (κ3) is 3.03. The van der Waals surface area contributed by atoms with Gasteiger partial charge in [-0.05, 0) is 37.8 Å². The van der Waals surface area contributed by atoms with E-state index in [0.29, 0.717) is 23.4 Å². The van der Waals surface area contributed by atoms with E-state index >= 15 is 0 Å². The number of aromatic nitrogens is 3. The average molecular weight is 349 g/mol. The van der Waals surface area contributed by atoms with Crippen LogP contribution < -0.4 is 15.4 Å². The van der Waals surface area contributed by atoms with Gasteiger partial charge >= 0.3 is 0 Å². The molecule has 0 aliphatic carbocycles. The lowest BCUT2D eigenvalue weighted by molar-refractivity contribution is 0.442. The SMILES string of the molecule is CCC1CCCCN1c1ncnc(Oc2cccc3cccnc23)c1N. The van der Waals surface area contributed by atoms with Crippen LogP contribution in [0.5, 0.6) is 11.6 Å². The topological polar surface area (TPSA) is 77.2 Å². The van der Waals surface area contributed by atoms with Gasteiger partial charge in [0.05, 0.1) is 0 Å². The highest BCUT2D eigenvalue weighted by Gasteiger charge is 2.25. The van der Waals surface area contributed by atoms with Crippen LogP contribution in [0.3, 0.4) is 0 Å². The Morgan fingerprint density at radius 3 is 2.92 bits per heavy atom. The van der Waals surface area contributed by atoms with Crippen LogP contribution >= 0.6 is 0 Å². The first-order chi connectivity index (χ1) is 12.8. The smallest absolute Gasteiger partial charge is 0.248 e. The Balaban J connectivity index is 1.69. The molecule has 0 radical (unpaired) electrons. The van der Waals surface area contributed by atoms with Crippen LogP contribution in [0.2, 0.25) is 0 Å². The highest BCUT2D eigenvalue weighted by Crippen LogP contribution is 2.36. The number of benzene rings is 1. The Kier molecular flexibility index (Phi) is 4.56. The van der Waals surface area contributed by atoms with E-state index in [1.165, 1.54) is 19.2 Å². The van der Waals surface area contributed by atoms with Crippen LogP contribution in [0.4, 0.5) is 11.5 Å². The van der Waals surface area contributed by atoms with Crippen molar-refractivity contribution in [3.63, 3.8) is 0 Å². The van der Waals surface area contributed by atoms with E-state index < -0.39 is 0 Å². The van der Waals surface area contributed by atoms with Crippen molar-refractivity contribution in [3.05, 3.63) is 42.9 Å². The largest absolute Gasteiger partial charge is 0.435 e. The van der Waals surface area contributed by atoms with Gasteiger partial charge in [0.2, 0.25) is 5.88 Å². The minimum absolute atomic E-state index is 0.383. The molecule has 0 amide bonds. The number of ether oxygens (including phenoxy) is 1. The first kappa shape index (κ1) is 16.6. The van der Waals surface area contributed by atoms with Gasteiger partial charge in [-0.2, -0.15) is 4.98 Å². The van der Waals surface area contributed by atoms with Crippen molar-refractivity contribution in [1.29, 1.82) is 0 Å². The number of fused-ring (bicyclic) bond motifs is 1. The Morgan fingerprint density at radius 2 is 2.04 bits per heavy atom. The molecule has 0 spiro atoms. The van der Waals surface area contributed by atoms with Crippen LogP contribution in [0.25, 0.3) is 10.9 Å². The van der Waals surface area contributed by atoms with Crippen LogP contribution in [-0.2, 0) is 0 Å². The monoisotopic (exact) mass is 349 g/mol. The van der Waals surface area contributed by atoms with Crippen molar-refractivity contribution in [1.82, 2.24) is 15.0 Å². The summed E-state index contributed by atoms with van der Waals surface area (Å²) in [5.41, 5.74) is 7.69. The van der Waals surface area contributed by atoms with E-state index in [1.54, 1.807) is 6.20 Å². The second kappa shape index (κ2) is 7.15. The fourth-order valence-electron chi connectivity index (χ4n) is 3.65. The Bertz CT molecular complexity index is 908. The Hall–Kier alpha value is -2.89. The maximum atomic E-state index is 6.41. The number of nitrogens with two attached hydrogens (primary N) is 1. The highest BCUT2D eigenvalue weighted by atomic mass is 16.5. The lowest BCUT2D eigenvalue weighted by Crippen LogP contribution is -2.40. The van der Waals surface area contributed by atoms with Crippen LogP contribution in [0.15, 0.2) is 42.9 Å². The molecule has 1 aromatic carbocycles. The normalized spacial score (nSPS) is 17.4. The van der Waals surface area contributed by atoms with Gasteiger partial charge in [-0.1, -0.05) is 25.1 Å². The van der Waals surface area contributed by atoms with E-state index in [1.807, 2.05) is 30.3 Å². The molecule has 0 bridgehead atoms. The molecule has 26 heavy (non-hydrogen) atoms. The number of nitrogen functional groups attached to an aromatic ring is 1. The van der Waals surface area contributed by atoms with Crippen molar-refractivity contribution in [2.45, 2.75) is 38.6 Å². The van der Waals surface area contributed by atoms with E-state index in [9.17, 15) is 0 Å². The molecule has 3 aromatic rings. The molecule has 1 aliphatic rings. The lowest BCUT2D eigenvalue weighted by atomic mass is 10.00. The number of hydrogen-bond donors (Lipinski definition) is 1. The molecule has 1 saturated heterocycles. The summed E-state index contributed by atoms with van der Waals surface area (Å²) in [4.78, 5) is 15.5. The highest BCUT2D eigenvalue weighted by molar-refractivity contribution is 5.84. The molecule has 6 heteroatoms. The van der Waals surface area contributed by atoms with Crippen LogP contribution in [-0.4, -0.2) is 27.5 Å². The fraction of sp³-hybridized carbons (Fsp3) is 0.350. The molecule has 1 atom stereocenters. The molecule has 1 aliphatic heterocycles. The lowest BCUT2D eigenvalue weighted by Gasteiger charge is -2.36. The molecule has 4 rings (SSSR count). The molecule has 0 saturated carbocycles. The molecular weight excluding hydrogens is 326 g/mol.